The van der Waals surface area contributed by atoms with E-state index < -0.39 is 6.03 Å². The van der Waals surface area contributed by atoms with Crippen molar-refractivity contribution in [3.8, 4) is 5.75 Å². The van der Waals surface area contributed by atoms with Gasteiger partial charge in [-0.3, -0.25) is 9.69 Å². The first-order valence-corrected chi connectivity index (χ1v) is 13.1. The Labute approximate surface area is 228 Å². The van der Waals surface area contributed by atoms with E-state index in [1.54, 1.807) is 36.9 Å². The number of hydrogen-bond acceptors (Lipinski definition) is 7. The minimum Gasteiger partial charge on any atom is -0.488 e. The lowest BCUT2D eigenvalue weighted by Crippen LogP contribution is -2.49. The summed E-state index contributed by atoms with van der Waals surface area (Å²) in [4.78, 5) is 30.2. The lowest BCUT2D eigenvalue weighted by atomic mass is 9.99. The van der Waals surface area contributed by atoms with Gasteiger partial charge in [-0.15, -0.1) is 0 Å². The second-order valence-electron chi connectivity index (χ2n) is 10.3. The zero-order chi connectivity index (χ0) is 28.1. The highest BCUT2D eigenvalue weighted by Gasteiger charge is 2.33. The molecule has 0 fully saturated rings. The van der Waals surface area contributed by atoms with Gasteiger partial charge in [0, 0.05) is 31.2 Å². The first kappa shape index (κ1) is 28.1. The van der Waals surface area contributed by atoms with Crippen LogP contribution < -0.4 is 15.4 Å². The van der Waals surface area contributed by atoms with Crippen molar-refractivity contribution in [2.45, 2.75) is 46.4 Å². The van der Waals surface area contributed by atoms with Crippen LogP contribution in [0.25, 0.3) is 0 Å². The SMILES string of the molecule is Cc1noc(C)c1NC(=O)Nc1ccc2c(c1)C(=O)N([C@H](C)CO)C[C@@H](C)[C@H](CN(C)Cc1ccccc1)O2. The number of aliphatic hydroxyl groups excluding tert-OH is 1. The molecule has 0 radical (unpaired) electrons. The molecule has 3 N–H and O–H groups in total. The Morgan fingerprint density at radius 1 is 1.21 bits per heavy atom. The number of fused-ring (bicyclic) bond motifs is 1. The van der Waals surface area contributed by atoms with Crippen molar-refractivity contribution in [2.24, 2.45) is 5.92 Å². The number of aliphatic hydroxyl groups is 1. The molecular weight excluding hydrogens is 498 g/mol. The van der Waals surface area contributed by atoms with E-state index in [0.717, 1.165) is 6.54 Å². The second kappa shape index (κ2) is 12.3. The number of aryl methyl sites for hydroxylation is 2. The Balaban J connectivity index is 1.57. The number of carbonyl (C=O) groups is 2. The van der Waals surface area contributed by atoms with Crippen molar-refractivity contribution >= 4 is 23.3 Å². The number of ether oxygens (including phenoxy) is 1. The number of urea groups is 1. The molecule has 10 nitrogen and oxygen atoms in total. The van der Waals surface area contributed by atoms with Crippen LogP contribution in [-0.4, -0.2) is 70.9 Å². The summed E-state index contributed by atoms with van der Waals surface area (Å²) in [6, 6.07) is 14.4. The normalized spacial score (nSPS) is 18.1. The van der Waals surface area contributed by atoms with Crippen molar-refractivity contribution in [1.29, 1.82) is 0 Å². The van der Waals surface area contributed by atoms with Crippen LogP contribution in [0.5, 0.6) is 5.75 Å². The van der Waals surface area contributed by atoms with Gasteiger partial charge in [0.15, 0.2) is 5.76 Å². The Morgan fingerprint density at radius 3 is 2.62 bits per heavy atom. The number of rotatable bonds is 8. The maximum Gasteiger partial charge on any atom is 0.323 e. The lowest BCUT2D eigenvalue weighted by molar-refractivity contribution is 0.0341. The van der Waals surface area contributed by atoms with Gasteiger partial charge in [0.2, 0.25) is 0 Å². The highest BCUT2D eigenvalue weighted by Crippen LogP contribution is 2.31. The number of nitrogens with zero attached hydrogens (tertiary/aromatic N) is 3. The fourth-order valence-corrected chi connectivity index (χ4v) is 4.72. The number of amides is 3. The van der Waals surface area contributed by atoms with Crippen LogP contribution >= 0.6 is 0 Å². The molecule has 0 saturated carbocycles. The molecule has 1 aromatic heterocycles. The van der Waals surface area contributed by atoms with Gasteiger partial charge in [-0.2, -0.15) is 0 Å². The molecule has 0 bridgehead atoms. The second-order valence-corrected chi connectivity index (χ2v) is 10.3. The molecule has 4 rings (SSSR count). The summed E-state index contributed by atoms with van der Waals surface area (Å²) in [5, 5.41) is 19.3. The molecule has 2 aromatic carbocycles. The molecule has 208 valence electrons. The maximum absolute atomic E-state index is 13.7. The van der Waals surface area contributed by atoms with Crippen LogP contribution in [0.3, 0.4) is 0 Å². The van der Waals surface area contributed by atoms with Crippen LogP contribution in [-0.2, 0) is 6.54 Å². The van der Waals surface area contributed by atoms with Crippen LogP contribution in [0.1, 0.15) is 41.2 Å². The number of carbonyl (C=O) groups excluding carboxylic acids is 2. The van der Waals surface area contributed by atoms with E-state index in [1.807, 2.05) is 32.2 Å². The molecule has 0 saturated heterocycles. The predicted octanol–water partition coefficient (Wildman–Crippen LogP) is 4.29. The molecule has 3 amide bonds. The van der Waals surface area contributed by atoms with E-state index in [1.165, 1.54) is 5.56 Å². The Hall–Kier alpha value is -3.89. The van der Waals surface area contributed by atoms with Crippen molar-refractivity contribution in [3.63, 3.8) is 0 Å². The Morgan fingerprint density at radius 2 is 1.95 bits per heavy atom. The zero-order valence-corrected chi connectivity index (χ0v) is 23.1. The molecule has 0 unspecified atom stereocenters. The molecule has 39 heavy (non-hydrogen) atoms. The molecule has 2 heterocycles. The molecular formula is C29H37N5O5. The number of nitrogens with one attached hydrogen (secondary N) is 2. The van der Waals surface area contributed by atoms with Gasteiger partial charge >= 0.3 is 6.03 Å². The van der Waals surface area contributed by atoms with E-state index in [-0.39, 0.29) is 30.6 Å². The Bertz CT molecular complexity index is 1270. The number of anilines is 2. The molecule has 3 aromatic rings. The molecule has 10 heteroatoms. The molecule has 3 atom stereocenters. The van der Waals surface area contributed by atoms with E-state index in [0.29, 0.717) is 47.2 Å². The third kappa shape index (κ3) is 6.76. The Kier molecular flexibility index (Phi) is 8.88. The third-order valence-corrected chi connectivity index (χ3v) is 6.98. The first-order valence-electron chi connectivity index (χ1n) is 13.1. The fraction of sp³-hybridized carbons (Fsp3) is 0.414. The highest BCUT2D eigenvalue weighted by atomic mass is 16.5. The molecule has 0 aliphatic carbocycles. The van der Waals surface area contributed by atoms with Crippen LogP contribution in [0.15, 0.2) is 53.1 Å². The minimum absolute atomic E-state index is 0.00736. The first-order chi connectivity index (χ1) is 18.7. The monoisotopic (exact) mass is 535 g/mol. The number of hydrogen-bond donors (Lipinski definition) is 3. The summed E-state index contributed by atoms with van der Waals surface area (Å²) < 4.78 is 11.6. The maximum atomic E-state index is 13.7. The van der Waals surface area contributed by atoms with Gasteiger partial charge in [0.05, 0.1) is 18.2 Å². The quantitative estimate of drug-likeness (QED) is 0.394. The van der Waals surface area contributed by atoms with Crippen molar-refractivity contribution < 1.29 is 24.0 Å². The van der Waals surface area contributed by atoms with E-state index in [4.69, 9.17) is 9.26 Å². The van der Waals surface area contributed by atoms with E-state index in [9.17, 15) is 14.7 Å². The van der Waals surface area contributed by atoms with Crippen molar-refractivity contribution in [2.75, 3.05) is 37.4 Å². The topological polar surface area (TPSA) is 120 Å². The fourth-order valence-electron chi connectivity index (χ4n) is 4.72. The molecule has 0 spiro atoms. The van der Waals surface area contributed by atoms with Crippen molar-refractivity contribution in [3.05, 3.63) is 71.1 Å². The molecule has 1 aliphatic rings. The van der Waals surface area contributed by atoms with E-state index in [2.05, 4.69) is 39.7 Å². The summed E-state index contributed by atoms with van der Waals surface area (Å²) in [5.41, 5.74) is 3.02. The van der Waals surface area contributed by atoms with Gasteiger partial charge in [0.1, 0.15) is 23.2 Å². The summed E-state index contributed by atoms with van der Waals surface area (Å²) in [6.07, 6.45) is -0.208. The number of benzene rings is 2. The van der Waals surface area contributed by atoms with Crippen LogP contribution in [0.2, 0.25) is 0 Å². The predicted molar refractivity (Wildman–Crippen MR) is 149 cm³/mol. The minimum atomic E-state index is -0.488. The third-order valence-electron chi connectivity index (χ3n) is 6.98. The summed E-state index contributed by atoms with van der Waals surface area (Å²) in [6.45, 7) is 9.00. The summed E-state index contributed by atoms with van der Waals surface area (Å²) in [5.74, 6) is 0.684. The van der Waals surface area contributed by atoms with Gasteiger partial charge in [-0.1, -0.05) is 42.4 Å². The molecule has 1 aliphatic heterocycles. The number of aromatic nitrogens is 1. The summed E-state index contributed by atoms with van der Waals surface area (Å²) in [7, 11) is 2.05. The van der Waals surface area contributed by atoms with Gasteiger partial charge in [-0.25, -0.2) is 4.79 Å². The standard InChI is InChI=1S/C29H37N5O5/c1-18-14-34(19(2)17-35)28(36)24-13-23(30-29(37)31-27-20(3)32-39-21(27)4)11-12-25(24)38-26(18)16-33(5)15-22-9-7-6-8-10-22/h6-13,18-19,26,35H,14-17H2,1-5H3,(H2,30,31,37)/t18-,19-,26+/m1/s1. The average Bonchev–Trinajstić information content (AvgIpc) is 3.23. The average molecular weight is 536 g/mol. The summed E-state index contributed by atoms with van der Waals surface area (Å²) >= 11 is 0. The van der Waals surface area contributed by atoms with E-state index >= 15 is 0 Å². The van der Waals surface area contributed by atoms with Gasteiger partial charge in [-0.05, 0) is 51.6 Å². The smallest absolute Gasteiger partial charge is 0.323 e. The lowest BCUT2D eigenvalue weighted by Gasteiger charge is -2.38. The van der Waals surface area contributed by atoms with Crippen molar-refractivity contribution in [1.82, 2.24) is 15.0 Å². The highest BCUT2D eigenvalue weighted by molar-refractivity contribution is 6.03. The van der Waals surface area contributed by atoms with Gasteiger partial charge in [0.25, 0.3) is 5.91 Å². The number of likely N-dealkylation sites (N-methyl/N-ethyl adjacent to an activating group) is 1. The van der Waals surface area contributed by atoms with Gasteiger partial charge < -0.3 is 29.9 Å². The van der Waals surface area contributed by atoms with Crippen LogP contribution in [0.4, 0.5) is 16.2 Å². The van der Waals surface area contributed by atoms with Crippen LogP contribution in [0, 0.1) is 19.8 Å². The largest absolute Gasteiger partial charge is 0.488 e. The zero-order valence-electron chi connectivity index (χ0n) is 23.1.